The predicted octanol–water partition coefficient (Wildman–Crippen LogP) is 5.29. The van der Waals surface area contributed by atoms with Gasteiger partial charge in [-0.25, -0.2) is 4.90 Å². The van der Waals surface area contributed by atoms with E-state index in [2.05, 4.69) is 0 Å². The molecule has 2 heterocycles. The Morgan fingerprint density at radius 3 is 2.31 bits per heavy atom. The van der Waals surface area contributed by atoms with Crippen molar-refractivity contribution in [3.63, 3.8) is 0 Å². The summed E-state index contributed by atoms with van der Waals surface area (Å²) in [5.74, 6) is 1.75. The molecule has 0 radical (unpaired) electrons. The molecule has 1 aliphatic heterocycles. The highest BCUT2D eigenvalue weighted by Crippen LogP contribution is 2.40. The molecule has 2 amide bonds. The highest BCUT2D eigenvalue weighted by Gasteiger charge is 2.40. The minimum Gasteiger partial charge on any atom is -0.494 e. The first-order valence-corrected chi connectivity index (χ1v) is 11.3. The number of ether oxygens (including phenoxy) is 2. The summed E-state index contributed by atoms with van der Waals surface area (Å²) in [4.78, 5) is 28.5. The molecule has 0 saturated heterocycles. The van der Waals surface area contributed by atoms with Crippen LogP contribution in [0.3, 0.4) is 0 Å². The minimum absolute atomic E-state index is 0.357. The summed E-state index contributed by atoms with van der Waals surface area (Å²) in [5.41, 5.74) is 1.51. The van der Waals surface area contributed by atoms with Crippen LogP contribution in [0.25, 0.3) is 5.57 Å². The van der Waals surface area contributed by atoms with Gasteiger partial charge in [0.25, 0.3) is 11.8 Å². The summed E-state index contributed by atoms with van der Waals surface area (Å²) < 4.78 is 16.5. The summed E-state index contributed by atoms with van der Waals surface area (Å²) >= 11 is 1.30. The largest absolute Gasteiger partial charge is 0.494 e. The zero-order chi connectivity index (χ0) is 22.5. The van der Waals surface area contributed by atoms with E-state index in [1.165, 1.54) is 16.7 Å². The maximum atomic E-state index is 13.5. The van der Waals surface area contributed by atoms with Crippen LogP contribution in [0.4, 0.5) is 5.69 Å². The van der Waals surface area contributed by atoms with E-state index >= 15 is 0 Å². The second-order valence-corrected chi connectivity index (χ2v) is 7.89. The van der Waals surface area contributed by atoms with Crippen molar-refractivity contribution in [2.75, 3.05) is 18.1 Å². The van der Waals surface area contributed by atoms with Crippen molar-refractivity contribution in [1.82, 2.24) is 0 Å². The lowest BCUT2D eigenvalue weighted by Crippen LogP contribution is -2.31. The Hall–Kier alpha value is -3.45. The number of carbonyl (C=O) groups is 2. The standard InChI is InChI=1S/C25H23NO5S/c1-3-29-19-12-10-17(11-13-19)22-23(32-16-21-9-6-14-31-21)25(28)26(24(22)27)18-7-5-8-20(15-18)30-4-2/h5-15H,3-4,16H2,1-2H3. The predicted molar refractivity (Wildman–Crippen MR) is 125 cm³/mol. The molecule has 0 saturated carbocycles. The second-order valence-electron chi connectivity index (χ2n) is 6.91. The molecule has 0 bridgehead atoms. The van der Waals surface area contributed by atoms with Crippen molar-refractivity contribution in [2.45, 2.75) is 19.6 Å². The van der Waals surface area contributed by atoms with Crippen molar-refractivity contribution >= 4 is 34.8 Å². The van der Waals surface area contributed by atoms with Crippen molar-refractivity contribution in [3.05, 3.63) is 83.2 Å². The Morgan fingerprint density at radius 1 is 0.875 bits per heavy atom. The number of imide groups is 1. The summed E-state index contributed by atoms with van der Waals surface area (Å²) in [6.07, 6.45) is 1.59. The van der Waals surface area contributed by atoms with E-state index in [4.69, 9.17) is 13.9 Å². The third kappa shape index (κ3) is 4.43. The van der Waals surface area contributed by atoms with Crippen LogP contribution >= 0.6 is 11.8 Å². The first-order chi connectivity index (χ1) is 15.6. The van der Waals surface area contributed by atoms with Gasteiger partial charge in [-0.3, -0.25) is 9.59 Å². The second kappa shape index (κ2) is 9.78. The fourth-order valence-electron chi connectivity index (χ4n) is 3.43. The quantitative estimate of drug-likeness (QED) is 0.413. The van der Waals surface area contributed by atoms with E-state index in [0.29, 0.717) is 52.2 Å². The first kappa shape index (κ1) is 21.8. The molecule has 7 heteroatoms. The van der Waals surface area contributed by atoms with Gasteiger partial charge in [0.1, 0.15) is 17.3 Å². The minimum atomic E-state index is -0.366. The number of anilines is 1. The Kier molecular flexibility index (Phi) is 6.66. The van der Waals surface area contributed by atoms with E-state index in [1.54, 1.807) is 60.9 Å². The van der Waals surface area contributed by atoms with E-state index < -0.39 is 0 Å². The van der Waals surface area contributed by atoms with Crippen LogP contribution in [0.2, 0.25) is 0 Å². The molecule has 0 fully saturated rings. The molecule has 0 N–H and O–H groups in total. The third-order valence-corrected chi connectivity index (χ3v) is 5.92. The zero-order valence-corrected chi connectivity index (χ0v) is 18.7. The van der Waals surface area contributed by atoms with Crippen LogP contribution in [0.5, 0.6) is 11.5 Å². The molecule has 0 aliphatic carbocycles. The van der Waals surface area contributed by atoms with E-state index in [-0.39, 0.29) is 11.8 Å². The number of thioether (sulfide) groups is 1. The molecule has 1 aliphatic rings. The highest BCUT2D eigenvalue weighted by molar-refractivity contribution is 8.03. The summed E-state index contributed by atoms with van der Waals surface area (Å²) in [7, 11) is 0. The molecular formula is C25H23NO5S. The van der Waals surface area contributed by atoms with Crippen LogP contribution in [0.15, 0.2) is 76.2 Å². The fraction of sp³-hybridized carbons (Fsp3) is 0.200. The normalized spacial score (nSPS) is 13.8. The maximum Gasteiger partial charge on any atom is 0.272 e. The third-order valence-electron chi connectivity index (χ3n) is 4.82. The first-order valence-electron chi connectivity index (χ1n) is 10.4. The molecule has 32 heavy (non-hydrogen) atoms. The number of amides is 2. The van der Waals surface area contributed by atoms with Crippen molar-refractivity contribution in [2.24, 2.45) is 0 Å². The molecule has 164 valence electrons. The molecule has 0 spiro atoms. The molecule has 4 rings (SSSR count). The Balaban J connectivity index is 1.71. The molecule has 1 aromatic heterocycles. The van der Waals surface area contributed by atoms with Gasteiger partial charge in [0.2, 0.25) is 0 Å². The topological polar surface area (TPSA) is 69.0 Å². The summed E-state index contributed by atoms with van der Waals surface area (Å²) in [6.45, 7) is 4.83. The average Bonchev–Trinajstić information content (AvgIpc) is 3.39. The van der Waals surface area contributed by atoms with Crippen LogP contribution in [-0.2, 0) is 15.3 Å². The number of hydrogen-bond acceptors (Lipinski definition) is 6. The number of furan rings is 1. The molecule has 0 unspecified atom stereocenters. The fourth-order valence-corrected chi connectivity index (χ4v) is 4.45. The van der Waals surface area contributed by atoms with E-state index in [0.717, 1.165) is 5.76 Å². The van der Waals surface area contributed by atoms with Crippen LogP contribution in [0.1, 0.15) is 25.2 Å². The monoisotopic (exact) mass is 449 g/mol. The molecular weight excluding hydrogens is 426 g/mol. The van der Waals surface area contributed by atoms with E-state index in [1.807, 2.05) is 19.9 Å². The Morgan fingerprint density at radius 2 is 1.62 bits per heavy atom. The number of hydrogen-bond donors (Lipinski definition) is 0. The van der Waals surface area contributed by atoms with Crippen LogP contribution in [-0.4, -0.2) is 25.0 Å². The SMILES string of the molecule is CCOc1ccc(C2=C(SCc3ccco3)C(=O)N(c3cccc(OCC)c3)C2=O)cc1. The van der Waals surface area contributed by atoms with Crippen molar-refractivity contribution in [3.8, 4) is 11.5 Å². The van der Waals surface area contributed by atoms with Gasteiger partial charge in [-0.05, 0) is 55.8 Å². The molecule has 0 atom stereocenters. The van der Waals surface area contributed by atoms with Crippen molar-refractivity contribution < 1.29 is 23.5 Å². The van der Waals surface area contributed by atoms with Gasteiger partial charge < -0.3 is 13.9 Å². The van der Waals surface area contributed by atoms with Crippen LogP contribution in [0, 0.1) is 0 Å². The van der Waals surface area contributed by atoms with Crippen LogP contribution < -0.4 is 14.4 Å². The maximum absolute atomic E-state index is 13.5. The lowest BCUT2D eigenvalue weighted by molar-refractivity contribution is -0.119. The number of carbonyl (C=O) groups excluding carboxylic acids is 2. The molecule has 6 nitrogen and oxygen atoms in total. The number of nitrogens with zero attached hydrogens (tertiary/aromatic N) is 1. The summed E-state index contributed by atoms with van der Waals surface area (Å²) in [6, 6.07) is 17.9. The van der Waals surface area contributed by atoms with Gasteiger partial charge in [0.15, 0.2) is 0 Å². The van der Waals surface area contributed by atoms with Gasteiger partial charge in [0, 0.05) is 6.07 Å². The van der Waals surface area contributed by atoms with Gasteiger partial charge in [-0.2, -0.15) is 0 Å². The zero-order valence-electron chi connectivity index (χ0n) is 17.9. The molecule has 2 aromatic carbocycles. The van der Waals surface area contributed by atoms with Gasteiger partial charge in [-0.15, -0.1) is 11.8 Å². The Bertz CT molecular complexity index is 1140. The van der Waals surface area contributed by atoms with Gasteiger partial charge in [-0.1, -0.05) is 18.2 Å². The lowest BCUT2D eigenvalue weighted by Gasteiger charge is -2.16. The van der Waals surface area contributed by atoms with Gasteiger partial charge >= 0.3 is 0 Å². The Labute approximate surface area is 190 Å². The average molecular weight is 450 g/mol. The highest BCUT2D eigenvalue weighted by atomic mass is 32.2. The summed E-state index contributed by atoms with van der Waals surface area (Å²) in [5, 5.41) is 0. The smallest absolute Gasteiger partial charge is 0.272 e. The molecule has 3 aromatic rings. The number of benzene rings is 2. The van der Waals surface area contributed by atoms with E-state index in [9.17, 15) is 9.59 Å². The van der Waals surface area contributed by atoms with Crippen molar-refractivity contribution in [1.29, 1.82) is 0 Å². The lowest BCUT2D eigenvalue weighted by atomic mass is 10.1. The number of rotatable bonds is 9. The van der Waals surface area contributed by atoms with Gasteiger partial charge in [0.05, 0.1) is 41.4 Å².